The molecule has 1 rings (SSSR count). The Bertz CT molecular complexity index is 352. The van der Waals surface area contributed by atoms with Gasteiger partial charge in [-0.15, -0.1) is 0 Å². The van der Waals surface area contributed by atoms with Gasteiger partial charge in [0.1, 0.15) is 0 Å². The molecule has 1 aromatic rings. The third-order valence-electron chi connectivity index (χ3n) is 3.09. The van der Waals surface area contributed by atoms with E-state index in [0.717, 1.165) is 22.9 Å². The van der Waals surface area contributed by atoms with Crippen molar-refractivity contribution in [3.05, 3.63) is 28.5 Å². The van der Waals surface area contributed by atoms with Gasteiger partial charge in [0.2, 0.25) is 0 Å². The second-order valence-electron chi connectivity index (χ2n) is 5.52. The van der Waals surface area contributed by atoms with E-state index >= 15 is 0 Å². The van der Waals surface area contributed by atoms with Crippen LogP contribution in [0.2, 0.25) is 0 Å². The molecule has 2 atom stereocenters. The number of halogens is 1. The smallest absolute Gasteiger partial charge is 0.0410 e. The van der Waals surface area contributed by atoms with Crippen LogP contribution in [0.1, 0.15) is 52.1 Å². The summed E-state index contributed by atoms with van der Waals surface area (Å²) in [6.45, 7) is 10.1. The highest BCUT2D eigenvalue weighted by atomic mass is 79.9. The van der Waals surface area contributed by atoms with Gasteiger partial charge in [0.05, 0.1) is 0 Å². The molecule has 1 aromatic heterocycles. The van der Waals surface area contributed by atoms with Gasteiger partial charge in [-0.25, -0.2) is 0 Å². The van der Waals surface area contributed by atoms with Gasteiger partial charge >= 0.3 is 0 Å². The van der Waals surface area contributed by atoms with E-state index in [9.17, 15) is 0 Å². The van der Waals surface area contributed by atoms with E-state index in [1.54, 1.807) is 0 Å². The molecule has 3 heteroatoms. The summed E-state index contributed by atoms with van der Waals surface area (Å²) in [4.78, 5) is 4.27. The van der Waals surface area contributed by atoms with Crippen molar-refractivity contribution >= 4 is 15.9 Å². The molecular weight excluding hydrogens is 288 g/mol. The molecule has 0 saturated heterocycles. The summed E-state index contributed by atoms with van der Waals surface area (Å²) in [7, 11) is 0. The lowest BCUT2D eigenvalue weighted by Gasteiger charge is -2.23. The Balaban J connectivity index is 2.70. The van der Waals surface area contributed by atoms with E-state index < -0.39 is 0 Å². The molecule has 0 amide bonds. The molecule has 0 fully saturated rings. The molecule has 0 aliphatic heterocycles. The summed E-state index contributed by atoms with van der Waals surface area (Å²) in [5.74, 6) is 1.50. The van der Waals surface area contributed by atoms with E-state index in [2.05, 4.69) is 60.0 Å². The molecule has 2 unspecified atom stereocenters. The van der Waals surface area contributed by atoms with E-state index in [0.29, 0.717) is 6.04 Å². The van der Waals surface area contributed by atoms with E-state index in [1.807, 2.05) is 12.4 Å². The molecule has 0 bridgehead atoms. The predicted molar refractivity (Wildman–Crippen MR) is 81.6 cm³/mol. The largest absolute Gasteiger partial charge is 0.310 e. The molecule has 0 aromatic carbocycles. The first-order chi connectivity index (χ1) is 8.52. The Morgan fingerprint density at radius 3 is 2.50 bits per heavy atom. The van der Waals surface area contributed by atoms with Crippen molar-refractivity contribution in [1.29, 1.82) is 0 Å². The number of hydrogen-bond acceptors (Lipinski definition) is 2. The molecule has 1 N–H and O–H groups in total. The van der Waals surface area contributed by atoms with Gasteiger partial charge in [-0.2, -0.15) is 0 Å². The lowest BCUT2D eigenvalue weighted by Crippen LogP contribution is -2.23. The molecular formula is C15H25BrN2. The minimum absolute atomic E-state index is 0.411. The van der Waals surface area contributed by atoms with Crippen LogP contribution in [0.25, 0.3) is 0 Å². The highest BCUT2D eigenvalue weighted by Gasteiger charge is 2.15. The summed E-state index contributed by atoms with van der Waals surface area (Å²) in [6, 6.07) is 2.58. The van der Waals surface area contributed by atoms with Crippen molar-refractivity contribution in [2.75, 3.05) is 6.54 Å². The van der Waals surface area contributed by atoms with Crippen LogP contribution >= 0.6 is 15.9 Å². The van der Waals surface area contributed by atoms with Gasteiger partial charge in [0.15, 0.2) is 0 Å². The summed E-state index contributed by atoms with van der Waals surface area (Å²) >= 11 is 3.50. The number of aromatic nitrogens is 1. The molecule has 0 radical (unpaired) electrons. The topological polar surface area (TPSA) is 24.9 Å². The third kappa shape index (κ3) is 5.49. The van der Waals surface area contributed by atoms with Crippen molar-refractivity contribution in [2.45, 2.75) is 46.6 Å². The van der Waals surface area contributed by atoms with Crippen molar-refractivity contribution in [2.24, 2.45) is 11.8 Å². The lowest BCUT2D eigenvalue weighted by molar-refractivity contribution is 0.359. The standard InChI is InChI=1S/C15H25BrN2/c1-5-18-15(7-12(4)6-11(2)3)13-8-14(16)10-17-9-13/h8-12,15,18H,5-7H2,1-4H3. The fourth-order valence-corrected chi connectivity index (χ4v) is 2.89. The summed E-state index contributed by atoms with van der Waals surface area (Å²) in [5, 5.41) is 3.57. The van der Waals surface area contributed by atoms with Crippen LogP contribution < -0.4 is 5.32 Å². The Kier molecular flexibility index (Phi) is 6.87. The first-order valence-corrected chi connectivity index (χ1v) is 7.66. The zero-order valence-corrected chi connectivity index (χ0v) is 13.5. The maximum Gasteiger partial charge on any atom is 0.0410 e. The lowest BCUT2D eigenvalue weighted by atomic mass is 9.90. The maximum atomic E-state index is 4.27. The SMILES string of the molecule is CCNC(CC(C)CC(C)C)c1cncc(Br)c1. The minimum Gasteiger partial charge on any atom is -0.310 e. The third-order valence-corrected chi connectivity index (χ3v) is 3.52. The van der Waals surface area contributed by atoms with Crippen molar-refractivity contribution in [3.8, 4) is 0 Å². The number of hydrogen-bond donors (Lipinski definition) is 1. The number of nitrogens with zero attached hydrogens (tertiary/aromatic N) is 1. The van der Waals surface area contributed by atoms with E-state index in [-0.39, 0.29) is 0 Å². The van der Waals surface area contributed by atoms with Gasteiger partial charge < -0.3 is 5.32 Å². The monoisotopic (exact) mass is 312 g/mol. The molecule has 18 heavy (non-hydrogen) atoms. The summed E-state index contributed by atoms with van der Waals surface area (Å²) in [6.07, 6.45) is 6.26. The van der Waals surface area contributed by atoms with Crippen LogP contribution in [-0.2, 0) is 0 Å². The quantitative estimate of drug-likeness (QED) is 0.798. The molecule has 0 aliphatic rings. The summed E-state index contributed by atoms with van der Waals surface area (Å²) < 4.78 is 1.06. The van der Waals surface area contributed by atoms with E-state index in [1.165, 1.54) is 18.4 Å². The Morgan fingerprint density at radius 2 is 1.94 bits per heavy atom. The Hall–Kier alpha value is -0.410. The number of pyridine rings is 1. The van der Waals surface area contributed by atoms with Crippen LogP contribution in [0.15, 0.2) is 22.9 Å². The Labute approximate surface area is 120 Å². The first kappa shape index (κ1) is 15.6. The second-order valence-corrected chi connectivity index (χ2v) is 6.43. The van der Waals surface area contributed by atoms with Crippen LogP contribution in [0, 0.1) is 11.8 Å². The van der Waals surface area contributed by atoms with Gasteiger partial charge in [-0.1, -0.05) is 27.7 Å². The molecule has 102 valence electrons. The molecule has 0 aliphatic carbocycles. The zero-order valence-electron chi connectivity index (χ0n) is 11.9. The van der Waals surface area contributed by atoms with Gasteiger partial charge in [-0.3, -0.25) is 4.98 Å². The summed E-state index contributed by atoms with van der Waals surface area (Å²) in [5.41, 5.74) is 1.28. The number of nitrogens with one attached hydrogen (secondary N) is 1. The average molecular weight is 313 g/mol. The molecule has 0 saturated carbocycles. The fraction of sp³-hybridized carbons (Fsp3) is 0.667. The van der Waals surface area contributed by atoms with Gasteiger partial charge in [0.25, 0.3) is 0 Å². The van der Waals surface area contributed by atoms with Crippen LogP contribution in [0.4, 0.5) is 0 Å². The first-order valence-electron chi connectivity index (χ1n) is 6.86. The van der Waals surface area contributed by atoms with Crippen molar-refractivity contribution in [1.82, 2.24) is 10.3 Å². The number of rotatable bonds is 7. The van der Waals surface area contributed by atoms with Gasteiger partial charge in [-0.05, 0) is 58.8 Å². The highest BCUT2D eigenvalue weighted by Crippen LogP contribution is 2.26. The molecule has 2 nitrogen and oxygen atoms in total. The van der Waals surface area contributed by atoms with Crippen LogP contribution in [-0.4, -0.2) is 11.5 Å². The van der Waals surface area contributed by atoms with Crippen molar-refractivity contribution in [3.63, 3.8) is 0 Å². The molecule has 1 heterocycles. The zero-order chi connectivity index (χ0) is 13.5. The van der Waals surface area contributed by atoms with Crippen molar-refractivity contribution < 1.29 is 0 Å². The normalized spacial score (nSPS) is 14.8. The average Bonchev–Trinajstić information content (AvgIpc) is 2.27. The van der Waals surface area contributed by atoms with E-state index in [4.69, 9.17) is 0 Å². The molecule has 0 spiro atoms. The second kappa shape index (κ2) is 7.90. The van der Waals surface area contributed by atoms with Crippen LogP contribution in [0.5, 0.6) is 0 Å². The highest BCUT2D eigenvalue weighted by molar-refractivity contribution is 9.10. The fourth-order valence-electron chi connectivity index (χ4n) is 2.51. The van der Waals surface area contributed by atoms with Gasteiger partial charge in [0, 0.05) is 22.9 Å². The maximum absolute atomic E-state index is 4.27. The minimum atomic E-state index is 0.411. The Morgan fingerprint density at radius 1 is 1.22 bits per heavy atom. The predicted octanol–water partition coefficient (Wildman–Crippen LogP) is 4.57. The van der Waals surface area contributed by atoms with Crippen LogP contribution in [0.3, 0.4) is 0 Å².